The predicted octanol–water partition coefficient (Wildman–Crippen LogP) is 4.17. The van der Waals surface area contributed by atoms with Crippen LogP contribution in [0.3, 0.4) is 0 Å². The number of alkyl halides is 1. The summed E-state index contributed by atoms with van der Waals surface area (Å²) in [5.74, 6) is 0.582. The molecule has 5 rings (SSSR count). The van der Waals surface area contributed by atoms with Crippen LogP contribution in [-0.4, -0.2) is 65.6 Å². The molecule has 35 heavy (non-hydrogen) atoms. The molecule has 0 amide bonds. The summed E-state index contributed by atoms with van der Waals surface area (Å²) >= 11 is 0. The number of aliphatic carboxylic acids is 1. The molecule has 1 aromatic heterocycles. The minimum Gasteiger partial charge on any atom is -0.490 e. The van der Waals surface area contributed by atoms with Gasteiger partial charge in [-0.1, -0.05) is 24.3 Å². The zero-order chi connectivity index (χ0) is 24.2. The van der Waals surface area contributed by atoms with Gasteiger partial charge in [0.1, 0.15) is 29.9 Å². The Labute approximate surface area is 205 Å². The van der Waals surface area contributed by atoms with Gasteiger partial charge in [-0.05, 0) is 62.6 Å². The molecule has 0 spiro atoms. The number of hydrogen-bond donors (Lipinski definition) is 2. The van der Waals surface area contributed by atoms with Gasteiger partial charge in [0.05, 0.1) is 6.10 Å². The minimum absolute atomic E-state index is 0.0332. The van der Waals surface area contributed by atoms with Crippen molar-refractivity contribution in [2.75, 3.05) is 31.6 Å². The Hall–Kier alpha value is -2.71. The van der Waals surface area contributed by atoms with Crippen LogP contribution in [0.5, 0.6) is 5.75 Å². The Morgan fingerprint density at radius 3 is 2.89 bits per heavy atom. The van der Waals surface area contributed by atoms with Gasteiger partial charge in [-0.25, -0.2) is 9.37 Å². The second kappa shape index (κ2) is 10.9. The number of likely N-dealkylation sites (tertiary alicyclic amines) is 1. The third kappa shape index (κ3) is 5.93. The number of nitrogens with one attached hydrogen (secondary N) is 1. The van der Waals surface area contributed by atoms with E-state index in [0.29, 0.717) is 17.9 Å². The van der Waals surface area contributed by atoms with E-state index >= 15 is 0 Å². The number of anilines is 1. The molecule has 2 aromatic rings. The molecule has 3 heterocycles. The second-order valence-corrected chi connectivity index (χ2v) is 9.77. The average Bonchev–Trinajstić information content (AvgIpc) is 3.60. The molecule has 0 bridgehead atoms. The SMILES string of the molecule is O=C(O)C(c1ccccc1OC1CC1)N1C[C@@H](F)[C@@H](OCCCCc2ccc3c(n2)NCCC3)C1. The maximum Gasteiger partial charge on any atom is 0.325 e. The van der Waals surface area contributed by atoms with Gasteiger partial charge in [0.2, 0.25) is 0 Å². The molecule has 1 aromatic carbocycles. The number of aromatic nitrogens is 1. The molecular formula is C27H34FN3O4. The van der Waals surface area contributed by atoms with Crippen LogP contribution in [0, 0.1) is 0 Å². The summed E-state index contributed by atoms with van der Waals surface area (Å²) in [6, 6.07) is 10.5. The van der Waals surface area contributed by atoms with E-state index in [1.807, 2.05) is 6.07 Å². The number of ether oxygens (including phenoxy) is 2. The summed E-state index contributed by atoms with van der Waals surface area (Å²) in [6.07, 6.45) is 5.06. The first kappa shape index (κ1) is 24.0. The van der Waals surface area contributed by atoms with Crippen LogP contribution < -0.4 is 10.1 Å². The molecule has 8 heteroatoms. The van der Waals surface area contributed by atoms with Gasteiger partial charge >= 0.3 is 5.97 Å². The summed E-state index contributed by atoms with van der Waals surface area (Å²) in [5, 5.41) is 13.4. The number of nitrogens with zero attached hydrogens (tertiary/aromatic N) is 2. The molecule has 2 N–H and O–H groups in total. The summed E-state index contributed by atoms with van der Waals surface area (Å²) in [6.45, 7) is 1.70. The molecule has 7 nitrogen and oxygen atoms in total. The Balaban J connectivity index is 1.12. The van der Waals surface area contributed by atoms with Gasteiger partial charge in [-0.15, -0.1) is 0 Å². The van der Waals surface area contributed by atoms with Gasteiger partial charge in [0, 0.05) is 37.5 Å². The highest BCUT2D eigenvalue weighted by atomic mass is 19.1. The second-order valence-electron chi connectivity index (χ2n) is 9.77. The highest BCUT2D eigenvalue weighted by Gasteiger charge is 2.41. The number of carboxylic acid groups (broad SMARTS) is 1. The van der Waals surface area contributed by atoms with Crippen LogP contribution in [0.2, 0.25) is 0 Å². The number of unbranched alkanes of at least 4 members (excludes halogenated alkanes) is 1. The van der Waals surface area contributed by atoms with E-state index < -0.39 is 24.3 Å². The van der Waals surface area contributed by atoms with Crippen LogP contribution >= 0.6 is 0 Å². The fraction of sp³-hybridized carbons (Fsp3) is 0.556. The molecule has 3 atom stereocenters. The first-order valence-electron chi connectivity index (χ1n) is 12.8. The summed E-state index contributed by atoms with van der Waals surface area (Å²) in [4.78, 5) is 18.6. The largest absolute Gasteiger partial charge is 0.490 e. The molecule has 2 aliphatic heterocycles. The number of hydrogen-bond acceptors (Lipinski definition) is 6. The number of halogens is 1. The zero-order valence-corrected chi connectivity index (χ0v) is 20.0. The van der Waals surface area contributed by atoms with Crippen molar-refractivity contribution in [1.29, 1.82) is 0 Å². The van der Waals surface area contributed by atoms with Gasteiger partial charge in [-0.3, -0.25) is 9.69 Å². The lowest BCUT2D eigenvalue weighted by Gasteiger charge is -2.26. The normalized spacial score (nSPS) is 22.9. The van der Waals surface area contributed by atoms with E-state index in [4.69, 9.17) is 14.5 Å². The lowest BCUT2D eigenvalue weighted by molar-refractivity contribution is -0.143. The predicted molar refractivity (Wildman–Crippen MR) is 131 cm³/mol. The summed E-state index contributed by atoms with van der Waals surface area (Å²) in [5.41, 5.74) is 2.92. The zero-order valence-electron chi connectivity index (χ0n) is 20.0. The van der Waals surface area contributed by atoms with E-state index in [1.165, 1.54) is 5.56 Å². The van der Waals surface area contributed by atoms with Gasteiger partial charge in [-0.2, -0.15) is 0 Å². The first-order chi connectivity index (χ1) is 17.1. The van der Waals surface area contributed by atoms with E-state index in [1.54, 1.807) is 23.1 Å². The van der Waals surface area contributed by atoms with Crippen LogP contribution in [0.15, 0.2) is 36.4 Å². The molecular weight excluding hydrogens is 449 g/mol. The van der Waals surface area contributed by atoms with Crippen LogP contribution in [0.4, 0.5) is 10.2 Å². The molecule has 2 fully saturated rings. The Morgan fingerprint density at radius 1 is 1.20 bits per heavy atom. The molecule has 1 saturated heterocycles. The van der Waals surface area contributed by atoms with Crippen molar-refractivity contribution in [1.82, 2.24) is 9.88 Å². The maximum atomic E-state index is 14.8. The summed E-state index contributed by atoms with van der Waals surface area (Å²) < 4.78 is 26.6. The van der Waals surface area contributed by atoms with Gasteiger partial charge < -0.3 is 19.9 Å². The number of rotatable bonds is 11. The topological polar surface area (TPSA) is 83.9 Å². The Morgan fingerprint density at radius 2 is 2.06 bits per heavy atom. The highest BCUT2D eigenvalue weighted by molar-refractivity contribution is 5.77. The number of benzene rings is 1. The average molecular weight is 484 g/mol. The number of para-hydroxylation sites is 1. The van der Waals surface area contributed by atoms with E-state index in [9.17, 15) is 14.3 Å². The number of carbonyl (C=O) groups is 1. The van der Waals surface area contributed by atoms with Gasteiger partial charge in [0.15, 0.2) is 0 Å². The Kier molecular flexibility index (Phi) is 7.48. The maximum absolute atomic E-state index is 14.8. The van der Waals surface area contributed by atoms with Crippen molar-refractivity contribution in [3.8, 4) is 5.75 Å². The molecule has 1 aliphatic carbocycles. The van der Waals surface area contributed by atoms with Crippen LogP contribution in [0.25, 0.3) is 0 Å². The molecule has 1 unspecified atom stereocenters. The highest BCUT2D eigenvalue weighted by Crippen LogP contribution is 2.36. The summed E-state index contributed by atoms with van der Waals surface area (Å²) in [7, 11) is 0. The standard InChI is InChI=1S/C27H34FN3O4/c28-22-16-31(25(27(32)33)21-8-1-2-9-23(21)35-20-12-13-20)17-24(22)34-15-4-3-7-19-11-10-18-6-5-14-29-26(18)30-19/h1-2,8-11,20,22,24-25H,3-7,12-17H2,(H,29,30)(H,32,33)/t22-,24+,25?/m1/s1. The lowest BCUT2D eigenvalue weighted by atomic mass is 10.0. The van der Waals surface area contributed by atoms with Gasteiger partial charge in [0.25, 0.3) is 0 Å². The third-order valence-electron chi connectivity index (χ3n) is 6.97. The van der Waals surface area contributed by atoms with E-state index in [2.05, 4.69) is 17.4 Å². The number of pyridine rings is 1. The van der Waals surface area contributed by atoms with Crippen LogP contribution in [0.1, 0.15) is 55.0 Å². The van der Waals surface area contributed by atoms with Crippen molar-refractivity contribution in [2.45, 2.75) is 69.4 Å². The molecule has 1 saturated carbocycles. The first-order valence-corrected chi connectivity index (χ1v) is 12.8. The van der Waals surface area contributed by atoms with Crippen molar-refractivity contribution < 1.29 is 23.8 Å². The van der Waals surface area contributed by atoms with E-state index in [-0.39, 0.29) is 19.2 Å². The molecule has 0 radical (unpaired) electrons. The Bertz CT molecular complexity index is 1030. The number of aryl methyl sites for hydroxylation is 2. The lowest BCUT2D eigenvalue weighted by Crippen LogP contribution is -2.34. The van der Waals surface area contributed by atoms with Crippen LogP contribution in [-0.2, 0) is 22.4 Å². The molecule has 3 aliphatic rings. The molecule has 188 valence electrons. The smallest absolute Gasteiger partial charge is 0.325 e. The fourth-order valence-electron chi connectivity index (χ4n) is 4.95. The van der Waals surface area contributed by atoms with Crippen molar-refractivity contribution in [2.24, 2.45) is 0 Å². The number of carboxylic acids is 1. The van der Waals surface area contributed by atoms with Crippen molar-refractivity contribution in [3.05, 3.63) is 53.2 Å². The minimum atomic E-state index is -1.22. The van der Waals surface area contributed by atoms with Crippen molar-refractivity contribution in [3.63, 3.8) is 0 Å². The number of fused-ring (bicyclic) bond motifs is 1. The third-order valence-corrected chi connectivity index (χ3v) is 6.97. The van der Waals surface area contributed by atoms with E-state index in [0.717, 1.165) is 63.0 Å². The van der Waals surface area contributed by atoms with Crippen molar-refractivity contribution >= 4 is 11.8 Å². The fourth-order valence-corrected chi connectivity index (χ4v) is 4.95. The monoisotopic (exact) mass is 483 g/mol. The quantitative estimate of drug-likeness (QED) is 0.464.